The minimum Gasteiger partial charge on any atom is -0.385 e. The number of hydrogen-bond donors (Lipinski definition) is 0. The van der Waals surface area contributed by atoms with E-state index in [4.69, 9.17) is 9.47 Å². The Bertz CT molecular complexity index is 583. The molecule has 114 valence electrons. The van der Waals surface area contributed by atoms with Gasteiger partial charge in [-0.15, -0.1) is 0 Å². The van der Waals surface area contributed by atoms with Gasteiger partial charge >= 0.3 is 0 Å². The number of morpholine rings is 1. The highest BCUT2D eigenvalue weighted by atomic mass is 16.5. The number of anilines is 1. The molecule has 0 unspecified atom stereocenters. The van der Waals surface area contributed by atoms with E-state index in [0.717, 1.165) is 17.8 Å². The fourth-order valence-corrected chi connectivity index (χ4v) is 2.56. The maximum absolute atomic E-state index is 12.5. The Balaban J connectivity index is 2.35. The fraction of sp³-hybridized carbons (Fsp3) is 0.600. The van der Waals surface area contributed by atoms with Crippen molar-refractivity contribution in [1.29, 1.82) is 5.26 Å². The lowest BCUT2D eigenvalue weighted by Crippen LogP contribution is -2.38. The molecule has 1 aliphatic rings. The van der Waals surface area contributed by atoms with Gasteiger partial charge in [-0.25, -0.2) is 0 Å². The van der Waals surface area contributed by atoms with E-state index >= 15 is 0 Å². The molecule has 1 aromatic heterocycles. The van der Waals surface area contributed by atoms with Crippen molar-refractivity contribution in [3.05, 3.63) is 27.7 Å². The predicted molar refractivity (Wildman–Crippen MR) is 79.7 cm³/mol. The van der Waals surface area contributed by atoms with Gasteiger partial charge in [0.25, 0.3) is 5.56 Å². The molecule has 0 aliphatic carbocycles. The van der Waals surface area contributed by atoms with E-state index < -0.39 is 0 Å². The van der Waals surface area contributed by atoms with Crippen LogP contribution in [0.15, 0.2) is 10.9 Å². The van der Waals surface area contributed by atoms with Crippen molar-refractivity contribution in [3.63, 3.8) is 0 Å². The first-order valence-corrected chi connectivity index (χ1v) is 7.15. The summed E-state index contributed by atoms with van der Waals surface area (Å²) in [6.45, 7) is 5.74. The molecule has 0 saturated carbocycles. The highest BCUT2D eigenvalue weighted by molar-refractivity contribution is 5.59. The molecule has 0 radical (unpaired) electrons. The minimum absolute atomic E-state index is 0.213. The summed E-state index contributed by atoms with van der Waals surface area (Å²) < 4.78 is 12.0. The van der Waals surface area contributed by atoms with Crippen LogP contribution in [0.2, 0.25) is 0 Å². The summed E-state index contributed by atoms with van der Waals surface area (Å²) in [6.07, 6.45) is 0.749. The summed E-state index contributed by atoms with van der Waals surface area (Å²) in [7, 11) is 1.64. The number of hydrogen-bond acceptors (Lipinski definition) is 5. The lowest BCUT2D eigenvalue weighted by Gasteiger charge is -2.30. The minimum atomic E-state index is -0.213. The van der Waals surface area contributed by atoms with Crippen molar-refractivity contribution >= 4 is 5.69 Å². The molecule has 1 saturated heterocycles. The molecule has 0 N–H and O–H groups in total. The molecule has 0 amide bonds. The molecular weight excluding hydrogens is 270 g/mol. The van der Waals surface area contributed by atoms with E-state index in [-0.39, 0.29) is 11.1 Å². The molecule has 2 heterocycles. The smallest absolute Gasteiger partial charge is 0.270 e. The van der Waals surface area contributed by atoms with E-state index in [2.05, 4.69) is 11.0 Å². The standard InChI is InChI=1S/C15H21N3O3/c1-12-10-14(17-5-8-21-9-6-17)13(11-16)15(19)18(12)4-3-7-20-2/h10H,3-9H2,1-2H3. The van der Waals surface area contributed by atoms with E-state index in [1.165, 1.54) is 0 Å². The molecule has 0 spiro atoms. The molecule has 2 rings (SSSR count). The van der Waals surface area contributed by atoms with Crippen LogP contribution >= 0.6 is 0 Å². The summed E-state index contributed by atoms with van der Waals surface area (Å²) in [4.78, 5) is 14.6. The summed E-state index contributed by atoms with van der Waals surface area (Å²) in [5.41, 5.74) is 1.61. The van der Waals surface area contributed by atoms with Gasteiger partial charge in [-0.2, -0.15) is 5.26 Å². The second-order valence-electron chi connectivity index (χ2n) is 5.06. The van der Waals surface area contributed by atoms with E-state index in [1.54, 1.807) is 11.7 Å². The summed E-state index contributed by atoms with van der Waals surface area (Å²) >= 11 is 0. The molecule has 0 aromatic carbocycles. The topological polar surface area (TPSA) is 67.5 Å². The van der Waals surface area contributed by atoms with Crippen molar-refractivity contribution in [2.24, 2.45) is 0 Å². The molecule has 6 heteroatoms. The molecule has 1 fully saturated rings. The maximum atomic E-state index is 12.5. The van der Waals surface area contributed by atoms with E-state index in [9.17, 15) is 10.1 Å². The highest BCUT2D eigenvalue weighted by Crippen LogP contribution is 2.20. The van der Waals surface area contributed by atoms with Crippen molar-refractivity contribution in [2.75, 3.05) is 44.9 Å². The van der Waals surface area contributed by atoms with Crippen molar-refractivity contribution in [2.45, 2.75) is 19.9 Å². The van der Waals surface area contributed by atoms with E-state index in [0.29, 0.717) is 39.5 Å². The van der Waals surface area contributed by atoms with Gasteiger partial charge in [-0.1, -0.05) is 0 Å². The summed E-state index contributed by atoms with van der Waals surface area (Å²) in [5, 5.41) is 9.37. The third kappa shape index (κ3) is 3.43. The number of ether oxygens (including phenoxy) is 2. The average molecular weight is 291 g/mol. The number of nitrogens with zero attached hydrogens (tertiary/aromatic N) is 3. The second-order valence-corrected chi connectivity index (χ2v) is 5.06. The first-order chi connectivity index (χ1) is 10.2. The van der Waals surface area contributed by atoms with Crippen LogP contribution < -0.4 is 10.5 Å². The van der Waals surface area contributed by atoms with Crippen LogP contribution in [0.25, 0.3) is 0 Å². The van der Waals surface area contributed by atoms with Crippen LogP contribution in [0.3, 0.4) is 0 Å². The van der Waals surface area contributed by atoms with Gasteiger partial charge in [0.05, 0.1) is 18.9 Å². The van der Waals surface area contributed by atoms with Crippen LogP contribution in [0.4, 0.5) is 5.69 Å². The average Bonchev–Trinajstić information content (AvgIpc) is 2.51. The molecule has 1 aromatic rings. The van der Waals surface area contributed by atoms with Gasteiger partial charge in [0.2, 0.25) is 0 Å². The third-order valence-electron chi connectivity index (χ3n) is 3.68. The van der Waals surface area contributed by atoms with Crippen LogP contribution in [0.1, 0.15) is 17.7 Å². The number of rotatable bonds is 5. The largest absolute Gasteiger partial charge is 0.385 e. The summed E-state index contributed by atoms with van der Waals surface area (Å²) in [6, 6.07) is 4.00. The molecule has 6 nitrogen and oxygen atoms in total. The van der Waals surface area contributed by atoms with Crippen LogP contribution in [0, 0.1) is 18.3 Å². The number of pyridine rings is 1. The Morgan fingerprint density at radius 2 is 2.14 bits per heavy atom. The maximum Gasteiger partial charge on any atom is 0.270 e. The lowest BCUT2D eigenvalue weighted by molar-refractivity contribution is 0.122. The SMILES string of the molecule is COCCCn1c(C)cc(N2CCOCC2)c(C#N)c1=O. The highest BCUT2D eigenvalue weighted by Gasteiger charge is 2.19. The van der Waals surface area contributed by atoms with Crippen molar-refractivity contribution in [3.8, 4) is 6.07 Å². The van der Waals surface area contributed by atoms with Crippen molar-refractivity contribution < 1.29 is 9.47 Å². The fourth-order valence-electron chi connectivity index (χ4n) is 2.56. The number of aryl methyl sites for hydroxylation is 1. The first kappa shape index (κ1) is 15.5. The third-order valence-corrected chi connectivity index (χ3v) is 3.68. The van der Waals surface area contributed by atoms with Gasteiger partial charge < -0.3 is 18.9 Å². The van der Waals surface area contributed by atoms with Gasteiger partial charge in [0.15, 0.2) is 0 Å². The van der Waals surface area contributed by atoms with Crippen molar-refractivity contribution in [1.82, 2.24) is 4.57 Å². The molecule has 0 bridgehead atoms. The molecule has 0 atom stereocenters. The Hall–Kier alpha value is -1.84. The zero-order chi connectivity index (χ0) is 15.2. The molecule has 21 heavy (non-hydrogen) atoms. The zero-order valence-electron chi connectivity index (χ0n) is 12.6. The Morgan fingerprint density at radius 1 is 1.43 bits per heavy atom. The normalized spacial score (nSPS) is 15.0. The number of methoxy groups -OCH3 is 1. The number of aromatic nitrogens is 1. The van der Waals surface area contributed by atoms with E-state index in [1.807, 2.05) is 13.0 Å². The van der Waals surface area contributed by atoms with Gasteiger partial charge in [0, 0.05) is 39.0 Å². The Kier molecular flexibility index (Phi) is 5.37. The van der Waals surface area contributed by atoms with Crippen LogP contribution in [-0.2, 0) is 16.0 Å². The number of nitriles is 1. The lowest BCUT2D eigenvalue weighted by atomic mass is 10.1. The van der Waals surface area contributed by atoms with Crippen LogP contribution in [0.5, 0.6) is 0 Å². The summed E-state index contributed by atoms with van der Waals surface area (Å²) in [5.74, 6) is 0. The molecular formula is C15H21N3O3. The van der Waals surface area contributed by atoms with Gasteiger partial charge in [-0.05, 0) is 19.4 Å². The predicted octanol–water partition coefficient (Wildman–Crippen LogP) is 0.902. The Labute approximate surface area is 124 Å². The second kappa shape index (κ2) is 7.25. The van der Waals surface area contributed by atoms with Crippen LogP contribution in [-0.4, -0.2) is 44.6 Å². The first-order valence-electron chi connectivity index (χ1n) is 7.15. The monoisotopic (exact) mass is 291 g/mol. The molecule has 1 aliphatic heterocycles. The van der Waals surface area contributed by atoms with Gasteiger partial charge in [-0.3, -0.25) is 4.79 Å². The quantitative estimate of drug-likeness (QED) is 0.754. The van der Waals surface area contributed by atoms with Gasteiger partial charge in [0.1, 0.15) is 11.6 Å². The zero-order valence-corrected chi connectivity index (χ0v) is 12.6. The Morgan fingerprint density at radius 3 is 2.76 bits per heavy atom.